The molecule has 1 aromatic rings. The zero-order valence-electron chi connectivity index (χ0n) is 15.8. The molecule has 0 saturated carbocycles. The van der Waals surface area contributed by atoms with Crippen LogP contribution in [0.1, 0.15) is 30.1 Å². The molecule has 0 spiro atoms. The van der Waals surface area contributed by atoms with Gasteiger partial charge in [0.05, 0.1) is 17.1 Å². The lowest BCUT2D eigenvalue weighted by molar-refractivity contribution is 0.0943. The van der Waals surface area contributed by atoms with Crippen LogP contribution < -0.4 is 10.0 Å². The molecule has 1 atom stereocenters. The summed E-state index contributed by atoms with van der Waals surface area (Å²) in [6.07, 6.45) is 2.45. The van der Waals surface area contributed by atoms with E-state index in [1.54, 1.807) is 6.07 Å². The molecule has 0 radical (unpaired) electrons. The molecule has 9 heteroatoms. The molecule has 0 bridgehead atoms. The van der Waals surface area contributed by atoms with Gasteiger partial charge in [-0.1, -0.05) is 6.92 Å². The lowest BCUT2D eigenvalue weighted by atomic mass is 10.0. The minimum atomic E-state index is -3.69. The number of nitrogens with zero attached hydrogens (tertiary/aromatic N) is 1. The summed E-state index contributed by atoms with van der Waals surface area (Å²) in [5.41, 5.74) is 0.302. The van der Waals surface area contributed by atoms with Crippen LogP contribution in [0.25, 0.3) is 0 Å². The lowest BCUT2D eigenvalue weighted by Crippen LogP contribution is -2.40. The quantitative estimate of drug-likeness (QED) is 0.547. The normalized spacial score (nSPS) is 18.4. The Balaban J connectivity index is 1.97. The summed E-state index contributed by atoms with van der Waals surface area (Å²) in [5.74, 6) is 0.400. The zero-order chi connectivity index (χ0) is 19.9. The molecule has 0 aliphatic carbocycles. The van der Waals surface area contributed by atoms with Gasteiger partial charge in [-0.25, -0.2) is 13.1 Å². The average molecular weight is 462 g/mol. The molecule has 2 rings (SSSR count). The maximum atomic E-state index is 12.5. The Bertz CT molecular complexity index is 742. The third kappa shape index (κ3) is 6.83. The highest BCUT2D eigenvalue weighted by Gasteiger charge is 2.19. The Morgan fingerprint density at radius 2 is 2.15 bits per heavy atom. The van der Waals surface area contributed by atoms with Gasteiger partial charge in [0.1, 0.15) is 0 Å². The van der Waals surface area contributed by atoms with Gasteiger partial charge in [-0.3, -0.25) is 4.79 Å². The van der Waals surface area contributed by atoms with E-state index < -0.39 is 10.0 Å². The van der Waals surface area contributed by atoms with E-state index in [9.17, 15) is 13.2 Å². The highest BCUT2D eigenvalue weighted by molar-refractivity contribution is 9.10. The van der Waals surface area contributed by atoms with Crippen molar-refractivity contribution < 1.29 is 17.9 Å². The number of methoxy groups -OCH3 is 1. The van der Waals surface area contributed by atoms with Crippen molar-refractivity contribution in [1.82, 2.24) is 14.9 Å². The van der Waals surface area contributed by atoms with Crippen LogP contribution in [-0.2, 0) is 14.8 Å². The zero-order valence-corrected chi connectivity index (χ0v) is 18.2. The summed E-state index contributed by atoms with van der Waals surface area (Å²) in [6.45, 7) is 6.13. The third-order valence-electron chi connectivity index (χ3n) is 4.55. The van der Waals surface area contributed by atoms with Gasteiger partial charge in [-0.15, -0.1) is 0 Å². The SMILES string of the molecule is COCCNS(=O)(=O)c1ccc(Br)c(C(=O)NCCN2CCCC(C)C2)c1. The Morgan fingerprint density at radius 1 is 1.37 bits per heavy atom. The number of sulfonamides is 1. The average Bonchev–Trinajstić information content (AvgIpc) is 2.62. The van der Waals surface area contributed by atoms with Crippen molar-refractivity contribution in [2.24, 2.45) is 5.92 Å². The highest BCUT2D eigenvalue weighted by Crippen LogP contribution is 2.21. The lowest BCUT2D eigenvalue weighted by Gasteiger charge is -2.30. The molecular formula is C18H28BrN3O4S. The summed E-state index contributed by atoms with van der Waals surface area (Å²) >= 11 is 3.33. The van der Waals surface area contributed by atoms with Crippen molar-refractivity contribution in [1.29, 1.82) is 0 Å². The summed E-state index contributed by atoms with van der Waals surface area (Å²) in [4.78, 5) is 14.9. The second-order valence-corrected chi connectivity index (χ2v) is 9.46. The van der Waals surface area contributed by atoms with E-state index >= 15 is 0 Å². The molecule has 27 heavy (non-hydrogen) atoms. The first-order valence-corrected chi connectivity index (χ1v) is 11.4. The second kappa shape index (κ2) is 10.5. The van der Waals surface area contributed by atoms with E-state index in [4.69, 9.17) is 4.74 Å². The number of likely N-dealkylation sites (tertiary alicyclic amines) is 1. The van der Waals surface area contributed by atoms with Gasteiger partial charge in [0.2, 0.25) is 10.0 Å². The molecule has 152 valence electrons. The predicted molar refractivity (Wildman–Crippen MR) is 108 cm³/mol. The molecule has 1 amide bonds. The van der Waals surface area contributed by atoms with Gasteiger partial charge >= 0.3 is 0 Å². The number of carbonyl (C=O) groups is 1. The number of nitrogens with one attached hydrogen (secondary N) is 2. The van der Waals surface area contributed by atoms with Gasteiger partial charge in [0.25, 0.3) is 5.91 Å². The number of hydrogen-bond donors (Lipinski definition) is 2. The Labute approximate surface area is 170 Å². The fourth-order valence-electron chi connectivity index (χ4n) is 3.12. The molecule has 1 fully saturated rings. The summed E-state index contributed by atoms with van der Waals surface area (Å²) < 4.78 is 32.5. The number of ether oxygens (including phenoxy) is 1. The fraction of sp³-hybridized carbons (Fsp3) is 0.611. The Kier molecular flexibility index (Phi) is 8.68. The standard InChI is InChI=1S/C18H28BrN3O4S/c1-14-4-3-9-22(13-14)10-7-20-18(23)16-12-15(5-6-17(16)19)27(24,25)21-8-11-26-2/h5-6,12,14,21H,3-4,7-11,13H2,1-2H3,(H,20,23). The molecule has 2 N–H and O–H groups in total. The van der Waals surface area contributed by atoms with Crippen LogP contribution in [0.15, 0.2) is 27.6 Å². The number of halogens is 1. The van der Waals surface area contributed by atoms with Crippen LogP contribution in [-0.4, -0.2) is 65.7 Å². The molecule has 1 heterocycles. The number of carbonyl (C=O) groups excluding carboxylic acids is 1. The number of amides is 1. The van der Waals surface area contributed by atoms with E-state index in [0.29, 0.717) is 22.5 Å². The van der Waals surface area contributed by atoms with E-state index in [0.717, 1.165) is 19.6 Å². The molecule has 1 saturated heterocycles. The van der Waals surface area contributed by atoms with Gasteiger partial charge in [0.15, 0.2) is 0 Å². The van der Waals surface area contributed by atoms with Gasteiger partial charge in [-0.05, 0) is 59.4 Å². The van der Waals surface area contributed by atoms with Crippen molar-refractivity contribution in [3.63, 3.8) is 0 Å². The number of hydrogen-bond acceptors (Lipinski definition) is 5. The monoisotopic (exact) mass is 461 g/mol. The van der Waals surface area contributed by atoms with E-state index in [1.807, 2.05) is 0 Å². The molecular weight excluding hydrogens is 434 g/mol. The van der Waals surface area contributed by atoms with Crippen molar-refractivity contribution in [2.45, 2.75) is 24.7 Å². The maximum absolute atomic E-state index is 12.5. The summed E-state index contributed by atoms with van der Waals surface area (Å²) in [5, 5.41) is 2.89. The largest absolute Gasteiger partial charge is 0.383 e. The smallest absolute Gasteiger partial charge is 0.252 e. The third-order valence-corrected chi connectivity index (χ3v) is 6.70. The Hall–Kier alpha value is -1.00. The molecule has 1 aromatic carbocycles. The molecule has 0 aromatic heterocycles. The van der Waals surface area contributed by atoms with Crippen LogP contribution in [0.3, 0.4) is 0 Å². The minimum Gasteiger partial charge on any atom is -0.383 e. The Morgan fingerprint density at radius 3 is 2.85 bits per heavy atom. The first-order valence-electron chi connectivity index (χ1n) is 9.12. The van der Waals surface area contributed by atoms with Crippen LogP contribution in [0.5, 0.6) is 0 Å². The number of rotatable bonds is 9. The molecule has 1 aliphatic heterocycles. The fourth-order valence-corrected chi connectivity index (χ4v) is 4.59. The van der Waals surface area contributed by atoms with E-state index in [1.165, 1.54) is 32.1 Å². The van der Waals surface area contributed by atoms with Crippen LogP contribution in [0, 0.1) is 5.92 Å². The van der Waals surface area contributed by atoms with Crippen molar-refractivity contribution in [3.05, 3.63) is 28.2 Å². The van der Waals surface area contributed by atoms with E-state index in [2.05, 4.69) is 37.8 Å². The molecule has 1 aliphatic rings. The topological polar surface area (TPSA) is 87.7 Å². The van der Waals surface area contributed by atoms with Crippen LogP contribution in [0.2, 0.25) is 0 Å². The number of piperidine rings is 1. The first kappa shape index (κ1) is 22.3. The van der Waals surface area contributed by atoms with Crippen LogP contribution in [0.4, 0.5) is 0 Å². The van der Waals surface area contributed by atoms with Gasteiger partial charge < -0.3 is 15.0 Å². The second-order valence-electron chi connectivity index (χ2n) is 6.84. The maximum Gasteiger partial charge on any atom is 0.252 e. The highest BCUT2D eigenvalue weighted by atomic mass is 79.9. The van der Waals surface area contributed by atoms with Crippen LogP contribution >= 0.6 is 15.9 Å². The van der Waals surface area contributed by atoms with E-state index in [-0.39, 0.29) is 24.0 Å². The summed E-state index contributed by atoms with van der Waals surface area (Å²) in [7, 11) is -2.19. The van der Waals surface area contributed by atoms with Crippen molar-refractivity contribution in [2.75, 3.05) is 46.4 Å². The first-order chi connectivity index (χ1) is 12.8. The molecule has 1 unspecified atom stereocenters. The number of benzene rings is 1. The summed E-state index contributed by atoms with van der Waals surface area (Å²) in [6, 6.07) is 4.43. The van der Waals surface area contributed by atoms with Crippen molar-refractivity contribution in [3.8, 4) is 0 Å². The predicted octanol–water partition coefficient (Wildman–Crippen LogP) is 1.84. The minimum absolute atomic E-state index is 0.0526. The van der Waals surface area contributed by atoms with Gasteiger partial charge in [-0.2, -0.15) is 0 Å². The molecule has 7 nitrogen and oxygen atoms in total. The van der Waals surface area contributed by atoms with Gasteiger partial charge in [0, 0.05) is 37.8 Å². The van der Waals surface area contributed by atoms with Crippen molar-refractivity contribution >= 4 is 31.9 Å².